The van der Waals surface area contributed by atoms with Crippen molar-refractivity contribution >= 4 is 28.2 Å². The Labute approximate surface area is 125 Å². The number of carbonyl (C=O) groups is 2. The highest BCUT2D eigenvalue weighted by Crippen LogP contribution is 2.27. The van der Waals surface area contributed by atoms with Crippen LogP contribution < -0.4 is 5.32 Å². The molecule has 0 unspecified atom stereocenters. The van der Waals surface area contributed by atoms with Gasteiger partial charge in [0.15, 0.2) is 0 Å². The van der Waals surface area contributed by atoms with Crippen LogP contribution in [0, 0.1) is 6.92 Å². The van der Waals surface area contributed by atoms with E-state index < -0.39 is 5.97 Å². The minimum atomic E-state index is -0.979. The third-order valence-corrected chi connectivity index (χ3v) is 4.47. The average Bonchev–Trinajstić information content (AvgIpc) is 3.04. The number of carboxylic acid groups (broad SMARTS) is 1. The van der Waals surface area contributed by atoms with Crippen molar-refractivity contribution in [3.63, 3.8) is 0 Å². The highest BCUT2D eigenvalue weighted by atomic mass is 32.1. The van der Waals surface area contributed by atoms with E-state index in [0.717, 1.165) is 22.5 Å². The SMILES string of the molecule is Cc1cc(NC(=O)c2ccc3c(c2)COC3)sc1C(=O)O. The molecule has 1 amide bonds. The van der Waals surface area contributed by atoms with Crippen LogP contribution in [0.4, 0.5) is 5.00 Å². The standard InChI is InChI=1S/C15H13NO4S/c1-8-4-12(21-13(8)15(18)19)16-14(17)9-2-3-10-6-20-7-11(10)5-9/h2-5H,6-7H2,1H3,(H,16,17)(H,18,19). The van der Waals surface area contributed by atoms with Gasteiger partial charge >= 0.3 is 5.97 Å². The molecule has 108 valence electrons. The Morgan fingerprint density at radius 1 is 1.24 bits per heavy atom. The summed E-state index contributed by atoms with van der Waals surface area (Å²) < 4.78 is 5.32. The van der Waals surface area contributed by atoms with Gasteiger partial charge in [-0.25, -0.2) is 4.79 Å². The summed E-state index contributed by atoms with van der Waals surface area (Å²) in [5, 5.41) is 12.3. The molecule has 0 bridgehead atoms. The lowest BCUT2D eigenvalue weighted by atomic mass is 10.1. The number of ether oxygens (including phenoxy) is 1. The first-order valence-corrected chi connectivity index (χ1v) is 7.21. The Bertz CT molecular complexity index is 735. The molecule has 1 aliphatic rings. The number of hydrogen-bond donors (Lipinski definition) is 2. The second-order valence-electron chi connectivity index (χ2n) is 4.86. The molecule has 0 spiro atoms. The van der Waals surface area contributed by atoms with E-state index in [1.54, 1.807) is 19.1 Å². The topological polar surface area (TPSA) is 75.6 Å². The Balaban J connectivity index is 1.80. The first-order valence-electron chi connectivity index (χ1n) is 6.39. The Kier molecular flexibility index (Phi) is 3.48. The summed E-state index contributed by atoms with van der Waals surface area (Å²) in [6.07, 6.45) is 0. The molecule has 0 saturated heterocycles. The van der Waals surface area contributed by atoms with Gasteiger partial charge in [0.25, 0.3) is 5.91 Å². The van der Waals surface area contributed by atoms with E-state index in [2.05, 4.69) is 5.32 Å². The van der Waals surface area contributed by atoms with Crippen LogP contribution in [0.2, 0.25) is 0 Å². The highest BCUT2D eigenvalue weighted by molar-refractivity contribution is 7.18. The maximum absolute atomic E-state index is 12.2. The summed E-state index contributed by atoms with van der Waals surface area (Å²) in [6, 6.07) is 7.12. The zero-order chi connectivity index (χ0) is 15.0. The molecule has 6 heteroatoms. The molecular formula is C15H13NO4S. The lowest BCUT2D eigenvalue weighted by Crippen LogP contribution is -2.11. The van der Waals surface area contributed by atoms with E-state index in [1.807, 2.05) is 12.1 Å². The zero-order valence-electron chi connectivity index (χ0n) is 11.3. The molecule has 0 saturated carbocycles. The van der Waals surface area contributed by atoms with E-state index in [1.165, 1.54) is 0 Å². The summed E-state index contributed by atoms with van der Waals surface area (Å²) in [5.74, 6) is -1.23. The molecule has 1 aliphatic heterocycles. The smallest absolute Gasteiger partial charge is 0.346 e. The van der Waals surface area contributed by atoms with E-state index in [4.69, 9.17) is 9.84 Å². The van der Waals surface area contributed by atoms with Gasteiger partial charge in [-0.05, 0) is 41.8 Å². The summed E-state index contributed by atoms with van der Waals surface area (Å²) in [4.78, 5) is 23.5. The second-order valence-corrected chi connectivity index (χ2v) is 5.91. The summed E-state index contributed by atoms with van der Waals surface area (Å²) in [7, 11) is 0. The van der Waals surface area contributed by atoms with Crippen LogP contribution in [0.3, 0.4) is 0 Å². The van der Waals surface area contributed by atoms with Crippen molar-refractivity contribution < 1.29 is 19.4 Å². The molecule has 5 nitrogen and oxygen atoms in total. The van der Waals surface area contributed by atoms with Gasteiger partial charge in [0.2, 0.25) is 0 Å². The number of hydrogen-bond acceptors (Lipinski definition) is 4. The van der Waals surface area contributed by atoms with Gasteiger partial charge < -0.3 is 15.2 Å². The number of rotatable bonds is 3. The molecule has 2 N–H and O–H groups in total. The number of carboxylic acids is 1. The van der Waals surface area contributed by atoms with E-state index in [0.29, 0.717) is 29.3 Å². The molecule has 1 aromatic carbocycles. The summed E-state index contributed by atoms with van der Waals surface area (Å²) in [6.45, 7) is 2.82. The molecule has 1 aromatic heterocycles. The number of nitrogens with one attached hydrogen (secondary N) is 1. The number of anilines is 1. The predicted octanol–water partition coefficient (Wildman–Crippen LogP) is 3.04. The molecular weight excluding hydrogens is 290 g/mol. The van der Waals surface area contributed by atoms with Crippen LogP contribution >= 0.6 is 11.3 Å². The number of amides is 1. The Morgan fingerprint density at radius 3 is 2.71 bits per heavy atom. The maximum Gasteiger partial charge on any atom is 0.346 e. The van der Waals surface area contributed by atoms with Crippen LogP contribution in [0.5, 0.6) is 0 Å². The Hall–Kier alpha value is -2.18. The van der Waals surface area contributed by atoms with Gasteiger partial charge in [-0.2, -0.15) is 0 Å². The van der Waals surface area contributed by atoms with Crippen molar-refractivity contribution in [1.82, 2.24) is 0 Å². The van der Waals surface area contributed by atoms with Gasteiger partial charge in [0.05, 0.1) is 18.2 Å². The molecule has 21 heavy (non-hydrogen) atoms. The first kappa shape index (κ1) is 13.8. The quantitative estimate of drug-likeness (QED) is 0.914. The first-order chi connectivity index (χ1) is 10.0. The van der Waals surface area contributed by atoms with Gasteiger partial charge in [-0.1, -0.05) is 6.07 Å². The van der Waals surface area contributed by atoms with Crippen molar-refractivity contribution in [3.05, 3.63) is 51.4 Å². The minimum Gasteiger partial charge on any atom is -0.477 e. The fraction of sp³-hybridized carbons (Fsp3) is 0.200. The van der Waals surface area contributed by atoms with Crippen LogP contribution in [-0.4, -0.2) is 17.0 Å². The lowest BCUT2D eigenvalue weighted by molar-refractivity contribution is 0.0701. The summed E-state index contributed by atoms with van der Waals surface area (Å²) >= 11 is 1.06. The average molecular weight is 303 g/mol. The monoisotopic (exact) mass is 303 g/mol. The molecule has 0 atom stereocenters. The number of carbonyl (C=O) groups excluding carboxylic acids is 1. The number of thiophene rings is 1. The maximum atomic E-state index is 12.2. The molecule has 0 fully saturated rings. The van der Waals surface area contributed by atoms with E-state index in [-0.39, 0.29) is 10.8 Å². The van der Waals surface area contributed by atoms with Crippen molar-refractivity contribution in [2.75, 3.05) is 5.32 Å². The molecule has 0 aliphatic carbocycles. The van der Waals surface area contributed by atoms with Crippen LogP contribution in [-0.2, 0) is 18.0 Å². The normalized spacial score (nSPS) is 13.0. The number of benzene rings is 1. The van der Waals surface area contributed by atoms with Crippen molar-refractivity contribution in [1.29, 1.82) is 0 Å². The number of fused-ring (bicyclic) bond motifs is 1. The Morgan fingerprint density at radius 2 is 2.00 bits per heavy atom. The number of aromatic carboxylic acids is 1. The van der Waals surface area contributed by atoms with Crippen molar-refractivity contribution in [2.45, 2.75) is 20.1 Å². The highest BCUT2D eigenvalue weighted by Gasteiger charge is 2.17. The van der Waals surface area contributed by atoms with Crippen LogP contribution in [0.15, 0.2) is 24.3 Å². The lowest BCUT2D eigenvalue weighted by Gasteiger charge is -2.04. The number of aryl methyl sites for hydroxylation is 1. The van der Waals surface area contributed by atoms with E-state index >= 15 is 0 Å². The van der Waals surface area contributed by atoms with Gasteiger partial charge in [-0.15, -0.1) is 11.3 Å². The van der Waals surface area contributed by atoms with Crippen LogP contribution in [0.25, 0.3) is 0 Å². The molecule has 0 radical (unpaired) electrons. The third-order valence-electron chi connectivity index (χ3n) is 3.33. The predicted molar refractivity (Wildman–Crippen MR) is 78.9 cm³/mol. The zero-order valence-corrected chi connectivity index (χ0v) is 12.1. The second kappa shape index (κ2) is 5.31. The minimum absolute atomic E-state index is 0.243. The fourth-order valence-electron chi connectivity index (χ4n) is 2.25. The van der Waals surface area contributed by atoms with Crippen LogP contribution in [0.1, 0.15) is 36.7 Å². The molecule has 2 aromatic rings. The third kappa shape index (κ3) is 2.68. The largest absolute Gasteiger partial charge is 0.477 e. The molecule has 3 rings (SSSR count). The van der Waals surface area contributed by atoms with E-state index in [9.17, 15) is 9.59 Å². The summed E-state index contributed by atoms with van der Waals surface area (Å²) in [5.41, 5.74) is 3.32. The van der Waals surface area contributed by atoms with Gasteiger partial charge in [0, 0.05) is 5.56 Å². The molecule has 2 heterocycles. The fourth-order valence-corrected chi connectivity index (χ4v) is 3.16. The van der Waals surface area contributed by atoms with Gasteiger partial charge in [-0.3, -0.25) is 4.79 Å². The van der Waals surface area contributed by atoms with Crippen molar-refractivity contribution in [3.8, 4) is 0 Å². The van der Waals surface area contributed by atoms with Gasteiger partial charge in [0.1, 0.15) is 4.88 Å². The van der Waals surface area contributed by atoms with Crippen molar-refractivity contribution in [2.24, 2.45) is 0 Å².